The second kappa shape index (κ2) is 4.88. The van der Waals surface area contributed by atoms with Gasteiger partial charge in [-0.05, 0) is 32.9 Å². The Kier molecular flexibility index (Phi) is 3.77. The molecule has 0 bridgehead atoms. The fourth-order valence-electron chi connectivity index (χ4n) is 1.54. The molecule has 0 unspecified atom stereocenters. The summed E-state index contributed by atoms with van der Waals surface area (Å²) in [5, 5.41) is 0. The number of hydrogen-bond acceptors (Lipinski definition) is 3. The van der Waals surface area contributed by atoms with Gasteiger partial charge in [0.1, 0.15) is 11.6 Å². The Balaban J connectivity index is 2.77. The summed E-state index contributed by atoms with van der Waals surface area (Å²) in [6, 6.07) is 3.44. The number of aromatic nitrogens is 1. The van der Waals surface area contributed by atoms with Crippen molar-refractivity contribution in [2.45, 2.75) is 27.2 Å². The van der Waals surface area contributed by atoms with Gasteiger partial charge in [0, 0.05) is 12.1 Å². The first-order valence-electron chi connectivity index (χ1n) is 5.11. The van der Waals surface area contributed by atoms with E-state index in [1.807, 2.05) is 6.92 Å². The number of carbonyl (C=O) groups is 3. The zero-order valence-corrected chi connectivity index (χ0v) is 9.66. The molecule has 86 valence electrons. The van der Waals surface area contributed by atoms with E-state index in [0.717, 1.165) is 5.69 Å². The average molecular weight is 221 g/mol. The van der Waals surface area contributed by atoms with Gasteiger partial charge in [0.05, 0.1) is 11.6 Å². The minimum atomic E-state index is -0.809. The highest BCUT2D eigenvalue weighted by atomic mass is 16.2. The quantitative estimate of drug-likeness (QED) is 0.607. The van der Waals surface area contributed by atoms with E-state index in [0.29, 0.717) is 5.69 Å². The molecule has 0 amide bonds. The highest BCUT2D eigenvalue weighted by Gasteiger charge is 2.23. The number of Topliss-reactive ketones (excluding diaryl/α,β-unsaturated/α-hetero) is 3. The van der Waals surface area contributed by atoms with E-state index >= 15 is 0 Å². The van der Waals surface area contributed by atoms with E-state index in [9.17, 15) is 14.4 Å². The van der Waals surface area contributed by atoms with E-state index in [2.05, 4.69) is 4.98 Å². The second-order valence-electron chi connectivity index (χ2n) is 3.96. The van der Waals surface area contributed by atoms with Gasteiger partial charge in [-0.25, -0.2) is 0 Å². The molecule has 1 aromatic rings. The van der Waals surface area contributed by atoms with Crippen molar-refractivity contribution in [3.8, 4) is 0 Å². The summed E-state index contributed by atoms with van der Waals surface area (Å²) >= 11 is 0. The molecule has 0 aliphatic carbocycles. The molecular formula is C12H15NO3. The lowest BCUT2D eigenvalue weighted by molar-refractivity contribution is -0.130. The number of rotatable bonds is 5. The summed E-state index contributed by atoms with van der Waals surface area (Å²) in [5.41, 5.74) is 1.33. The van der Waals surface area contributed by atoms with Crippen LogP contribution in [-0.2, 0) is 9.59 Å². The highest BCUT2D eigenvalue weighted by molar-refractivity contribution is 6.06. The normalized spacial score (nSPS) is 10.5. The number of H-pyrrole nitrogens is 1. The predicted molar refractivity (Wildman–Crippen MR) is 59.3 cm³/mol. The molecule has 0 aromatic carbocycles. The minimum Gasteiger partial charge on any atom is -0.356 e. The van der Waals surface area contributed by atoms with Gasteiger partial charge >= 0.3 is 0 Å². The van der Waals surface area contributed by atoms with Crippen molar-refractivity contribution >= 4 is 17.3 Å². The number of aryl methyl sites for hydroxylation is 1. The number of nitrogens with one attached hydrogen (secondary N) is 1. The smallest absolute Gasteiger partial charge is 0.180 e. The topological polar surface area (TPSA) is 67.0 Å². The monoisotopic (exact) mass is 221 g/mol. The van der Waals surface area contributed by atoms with Crippen molar-refractivity contribution in [2.24, 2.45) is 5.92 Å². The van der Waals surface area contributed by atoms with E-state index in [1.54, 1.807) is 12.1 Å². The molecule has 1 rings (SSSR count). The molecule has 1 aromatic heterocycles. The summed E-state index contributed by atoms with van der Waals surface area (Å²) in [5.74, 6) is -1.53. The number of carbonyl (C=O) groups excluding carboxylic acids is 3. The zero-order valence-electron chi connectivity index (χ0n) is 9.66. The van der Waals surface area contributed by atoms with Gasteiger partial charge in [-0.2, -0.15) is 0 Å². The van der Waals surface area contributed by atoms with Crippen molar-refractivity contribution in [3.05, 3.63) is 23.5 Å². The first-order valence-corrected chi connectivity index (χ1v) is 5.11. The molecular weight excluding hydrogens is 206 g/mol. The molecule has 0 aliphatic heterocycles. The standard InChI is InChI=1S/C12H15NO3/c1-7-4-5-11(13-7)12(16)6-10(8(2)14)9(3)15/h4-5,10,13H,6H2,1-3H3. The number of ketones is 3. The number of aromatic amines is 1. The van der Waals surface area contributed by atoms with Gasteiger partial charge < -0.3 is 4.98 Å². The zero-order chi connectivity index (χ0) is 12.3. The van der Waals surface area contributed by atoms with Gasteiger partial charge in [-0.1, -0.05) is 0 Å². The molecule has 0 saturated carbocycles. The fraction of sp³-hybridized carbons (Fsp3) is 0.417. The molecule has 0 atom stereocenters. The molecule has 0 fully saturated rings. The van der Waals surface area contributed by atoms with Crippen LogP contribution in [0.25, 0.3) is 0 Å². The summed E-state index contributed by atoms with van der Waals surface area (Å²) in [6.07, 6.45) is -0.0510. The summed E-state index contributed by atoms with van der Waals surface area (Å²) in [7, 11) is 0. The Labute approximate surface area is 94.0 Å². The Morgan fingerprint density at radius 3 is 2.12 bits per heavy atom. The molecule has 0 saturated heterocycles. The van der Waals surface area contributed by atoms with Gasteiger partial charge in [0.15, 0.2) is 5.78 Å². The van der Waals surface area contributed by atoms with Crippen LogP contribution in [0.5, 0.6) is 0 Å². The third kappa shape index (κ3) is 2.89. The van der Waals surface area contributed by atoms with Gasteiger partial charge in [-0.3, -0.25) is 14.4 Å². The Bertz CT molecular complexity index is 417. The summed E-state index contributed by atoms with van der Waals surface area (Å²) in [6.45, 7) is 4.50. The van der Waals surface area contributed by atoms with Crippen molar-refractivity contribution in [1.29, 1.82) is 0 Å². The van der Waals surface area contributed by atoms with Crippen LogP contribution in [0, 0.1) is 12.8 Å². The van der Waals surface area contributed by atoms with E-state index < -0.39 is 5.92 Å². The van der Waals surface area contributed by atoms with Crippen LogP contribution >= 0.6 is 0 Å². The first-order chi connectivity index (χ1) is 7.41. The van der Waals surface area contributed by atoms with Crippen molar-refractivity contribution in [2.75, 3.05) is 0 Å². The molecule has 4 heteroatoms. The van der Waals surface area contributed by atoms with Crippen LogP contribution in [0.2, 0.25) is 0 Å². The van der Waals surface area contributed by atoms with Crippen LogP contribution in [0.3, 0.4) is 0 Å². The first kappa shape index (κ1) is 12.4. The van der Waals surface area contributed by atoms with Crippen LogP contribution in [0.15, 0.2) is 12.1 Å². The third-order valence-corrected chi connectivity index (χ3v) is 2.50. The fourth-order valence-corrected chi connectivity index (χ4v) is 1.54. The molecule has 0 radical (unpaired) electrons. The molecule has 0 spiro atoms. The van der Waals surface area contributed by atoms with Gasteiger partial charge in [0.25, 0.3) is 0 Å². The summed E-state index contributed by atoms with van der Waals surface area (Å²) < 4.78 is 0. The van der Waals surface area contributed by atoms with Crippen LogP contribution in [-0.4, -0.2) is 22.3 Å². The molecule has 1 N–H and O–H groups in total. The molecule has 1 heterocycles. The minimum absolute atomic E-state index is 0.0510. The Morgan fingerprint density at radius 2 is 1.75 bits per heavy atom. The van der Waals surface area contributed by atoms with Crippen LogP contribution < -0.4 is 0 Å². The van der Waals surface area contributed by atoms with Gasteiger partial charge in [0.2, 0.25) is 0 Å². The Hall–Kier alpha value is -1.71. The predicted octanol–water partition coefficient (Wildman–Crippen LogP) is 1.69. The maximum Gasteiger partial charge on any atom is 0.180 e. The van der Waals surface area contributed by atoms with E-state index in [4.69, 9.17) is 0 Å². The average Bonchev–Trinajstić information content (AvgIpc) is 2.59. The lowest BCUT2D eigenvalue weighted by Crippen LogP contribution is -2.23. The lowest BCUT2D eigenvalue weighted by Gasteiger charge is -2.07. The Morgan fingerprint density at radius 1 is 1.19 bits per heavy atom. The van der Waals surface area contributed by atoms with Crippen molar-refractivity contribution in [3.63, 3.8) is 0 Å². The van der Waals surface area contributed by atoms with Crippen molar-refractivity contribution < 1.29 is 14.4 Å². The van der Waals surface area contributed by atoms with E-state index in [-0.39, 0.29) is 23.8 Å². The summed E-state index contributed by atoms with van der Waals surface area (Å²) in [4.78, 5) is 37.0. The third-order valence-electron chi connectivity index (χ3n) is 2.50. The maximum atomic E-state index is 11.7. The number of hydrogen-bond donors (Lipinski definition) is 1. The highest BCUT2D eigenvalue weighted by Crippen LogP contribution is 2.12. The molecule has 16 heavy (non-hydrogen) atoms. The van der Waals surface area contributed by atoms with Gasteiger partial charge in [-0.15, -0.1) is 0 Å². The maximum absolute atomic E-state index is 11.7. The van der Waals surface area contributed by atoms with Crippen LogP contribution in [0.4, 0.5) is 0 Å². The lowest BCUT2D eigenvalue weighted by atomic mass is 9.94. The SMILES string of the molecule is CC(=O)C(CC(=O)c1ccc(C)[nH]1)C(C)=O. The van der Waals surface area contributed by atoms with Crippen molar-refractivity contribution in [1.82, 2.24) is 4.98 Å². The van der Waals surface area contributed by atoms with E-state index in [1.165, 1.54) is 13.8 Å². The largest absolute Gasteiger partial charge is 0.356 e. The van der Waals surface area contributed by atoms with Crippen LogP contribution in [0.1, 0.15) is 36.5 Å². The second-order valence-corrected chi connectivity index (χ2v) is 3.96. The molecule has 4 nitrogen and oxygen atoms in total. The molecule has 0 aliphatic rings.